The molecule has 0 amide bonds. The molecule has 0 nitrogen and oxygen atoms in total. The van der Waals surface area contributed by atoms with Crippen LogP contribution in [-0.4, -0.2) is 0 Å². The number of fused-ring (bicyclic) bond motifs is 38. The summed E-state index contributed by atoms with van der Waals surface area (Å²) in [7, 11) is 0. The van der Waals surface area contributed by atoms with E-state index in [1.165, 1.54) is 267 Å². The Balaban J connectivity index is 0.0000000916. The average molecular weight is 1800 g/mol. The number of rotatable bonds is 1. The standard InChI is InChI=1S/2C26H18.2C25H24.C22H20.C16H16/c1-17-14-15-25-21(16-17)20-10-4-7-13-24(20)26(25)22-11-5-2-8-18(22)19-9-3-6-12-23(19)26;1-17-14-15-21-20-10-4-7-13-24(20)26(25(21)16-17)22-11-5-2-8-18(22)19-9-3-6-12-23(19)26;1-15-10-11-17-19-14-22-18(13-23(19)25(4,5)21(17)12-15)16-8-6-7-9-20(16)24(22,2)3;1-15-10-11-17-19-13-18-16-8-6-7-9-20(16)24(2,3)22(18)14-23(19)25(4,5)21(17)12-15;1-15-9-11-18-19-14-17(16-7-5-4-6-8-16)10-12-20(19)22(2,3)21(18)13-15;1-11-8-9-13-12-6-4-5-7-14(12)16(2,3)15(13)10-11/h2*2-16H,1H3;2*6-14H,1-5H3;4-14H,1-3H3;4-10H,1-3H3. The van der Waals surface area contributed by atoms with Crippen molar-refractivity contribution < 1.29 is 0 Å². The molecule has 0 saturated heterocycles. The summed E-state index contributed by atoms with van der Waals surface area (Å²) in [5.41, 5.74) is 67.5. The van der Waals surface area contributed by atoms with Gasteiger partial charge in [0.25, 0.3) is 0 Å². The Bertz CT molecular complexity index is 8310. The van der Waals surface area contributed by atoms with Gasteiger partial charge in [-0.25, -0.2) is 0 Å². The molecule has 19 aromatic carbocycles. The number of hydrogen-bond acceptors (Lipinski definition) is 0. The molecule has 0 N–H and O–H groups in total. The first-order valence-electron chi connectivity index (χ1n) is 50.6. The maximum Gasteiger partial charge on any atom is 0.0725 e. The predicted molar refractivity (Wildman–Crippen MR) is 590 cm³/mol. The van der Waals surface area contributed by atoms with Crippen LogP contribution in [0.3, 0.4) is 0 Å². The lowest BCUT2D eigenvalue weighted by Crippen LogP contribution is -2.25. The first-order valence-corrected chi connectivity index (χ1v) is 50.6. The molecule has 19 aromatic rings. The van der Waals surface area contributed by atoms with E-state index < -0.39 is 0 Å². The zero-order chi connectivity index (χ0) is 96.4. The molecule has 0 radical (unpaired) electrons. The first kappa shape index (κ1) is 87.9. The molecule has 680 valence electrons. The highest BCUT2D eigenvalue weighted by Gasteiger charge is 2.54. The second kappa shape index (κ2) is 31.9. The third kappa shape index (κ3) is 12.8. The fraction of sp³-hybridized carbons (Fsp3) is 0.186. The van der Waals surface area contributed by atoms with Crippen LogP contribution < -0.4 is 0 Å². The fourth-order valence-electron chi connectivity index (χ4n) is 27.0. The van der Waals surface area contributed by atoms with E-state index in [4.69, 9.17) is 0 Å². The van der Waals surface area contributed by atoms with Crippen molar-refractivity contribution >= 4 is 0 Å². The topological polar surface area (TPSA) is 0 Å². The zero-order valence-corrected chi connectivity index (χ0v) is 84.1. The zero-order valence-electron chi connectivity index (χ0n) is 84.1. The SMILES string of the molecule is Cc1ccc2c(c1)-c1ccccc1C21c2ccccc2-c2ccccc21.Cc1ccc2c(c1)C(C)(C)c1cc3c(cc1-2)-c1ccccc1C3(C)C.Cc1ccc2c(c1)C(C)(C)c1cc3c(cc1-2)C(C)(C)c1ccccc1-3.Cc1ccc2c(c1)C(C)(C)c1ccc(-c3ccccc3)cc1-2.Cc1ccc2c(c1)C(C)(C)c1ccccc1-2.Cc1ccc2c(c1)C1(c3ccccc3-c3ccccc31)c1ccccc1-2. The van der Waals surface area contributed by atoms with Gasteiger partial charge in [0.2, 0.25) is 0 Å². The lowest BCUT2D eigenvalue weighted by molar-refractivity contribution is 0.639. The van der Waals surface area contributed by atoms with Gasteiger partial charge < -0.3 is 0 Å². The van der Waals surface area contributed by atoms with Gasteiger partial charge >= 0.3 is 0 Å². The second-order valence-electron chi connectivity index (χ2n) is 44.5. The Hall–Kier alpha value is -14.8. The van der Waals surface area contributed by atoms with E-state index >= 15 is 0 Å². The monoisotopic (exact) mass is 1800 g/mol. The van der Waals surface area contributed by atoms with E-state index in [1.54, 1.807) is 0 Å². The Morgan fingerprint density at radius 1 is 0.107 bits per heavy atom. The smallest absolute Gasteiger partial charge is 0.0622 e. The highest BCUT2D eigenvalue weighted by Crippen LogP contribution is 2.67. The largest absolute Gasteiger partial charge is 0.0725 e. The highest BCUT2D eigenvalue weighted by molar-refractivity contribution is 5.99. The van der Waals surface area contributed by atoms with Crippen molar-refractivity contribution in [1.82, 2.24) is 0 Å². The van der Waals surface area contributed by atoms with Gasteiger partial charge in [0.05, 0.1) is 10.8 Å². The minimum atomic E-state index is -0.189. The lowest BCUT2D eigenvalue weighted by Gasteiger charge is -2.30. The summed E-state index contributed by atoms with van der Waals surface area (Å²) in [6.07, 6.45) is 0. The van der Waals surface area contributed by atoms with Crippen LogP contribution >= 0.6 is 0 Å². The molecule has 140 heavy (non-hydrogen) atoms. The van der Waals surface area contributed by atoms with Crippen LogP contribution in [0.4, 0.5) is 0 Å². The lowest BCUT2D eigenvalue weighted by atomic mass is 9.70. The van der Waals surface area contributed by atoms with Crippen LogP contribution in [-0.2, 0) is 43.3 Å². The minimum Gasteiger partial charge on any atom is -0.0622 e. The van der Waals surface area contributed by atoms with Gasteiger partial charge in [0.15, 0.2) is 0 Å². The highest BCUT2D eigenvalue weighted by atomic mass is 14.6. The average Bonchev–Trinajstić information content (AvgIpc) is 1.48. The van der Waals surface area contributed by atoms with Crippen molar-refractivity contribution in [2.75, 3.05) is 0 Å². The van der Waals surface area contributed by atoms with E-state index in [-0.39, 0.29) is 43.3 Å². The van der Waals surface area contributed by atoms with Gasteiger partial charge in [-0.3, -0.25) is 0 Å². The molecule has 0 aliphatic heterocycles. The van der Waals surface area contributed by atoms with Gasteiger partial charge in [0, 0.05) is 32.5 Å². The van der Waals surface area contributed by atoms with Crippen LogP contribution in [0.25, 0.3) is 122 Å². The Kier molecular flexibility index (Phi) is 20.0. The summed E-state index contributed by atoms with van der Waals surface area (Å²) in [5.74, 6) is 0. The Morgan fingerprint density at radius 2 is 0.293 bits per heavy atom. The van der Waals surface area contributed by atoms with Crippen LogP contribution in [0.15, 0.2) is 400 Å². The van der Waals surface area contributed by atoms with E-state index in [9.17, 15) is 0 Å². The molecular formula is C140H120. The van der Waals surface area contributed by atoms with Crippen LogP contribution in [0.1, 0.15) is 228 Å². The molecule has 10 aliphatic rings. The van der Waals surface area contributed by atoms with Gasteiger partial charge in [-0.05, 0) is 299 Å². The maximum atomic E-state index is 2.50. The summed E-state index contributed by atoms with van der Waals surface area (Å²) in [6, 6.07) is 149. The van der Waals surface area contributed by atoms with Crippen LogP contribution in [0.2, 0.25) is 0 Å². The van der Waals surface area contributed by atoms with Crippen molar-refractivity contribution in [3.8, 4) is 122 Å². The first-order chi connectivity index (χ1) is 67.4. The molecule has 0 heterocycles. The molecule has 0 atom stereocenters. The van der Waals surface area contributed by atoms with Gasteiger partial charge in [-0.1, -0.05) is 493 Å². The Labute approximate surface area is 829 Å². The molecule has 29 rings (SSSR count). The number of aryl methyl sites for hydroxylation is 6. The normalized spacial score (nSPS) is 15.8. The molecule has 0 heteroatoms. The van der Waals surface area contributed by atoms with Crippen LogP contribution in [0, 0.1) is 41.5 Å². The third-order valence-corrected chi connectivity index (χ3v) is 34.0. The summed E-state index contributed by atoms with van der Waals surface area (Å²) in [4.78, 5) is 0. The maximum absolute atomic E-state index is 2.50. The second-order valence-corrected chi connectivity index (χ2v) is 44.5. The van der Waals surface area contributed by atoms with E-state index in [2.05, 4.69) is 525 Å². The summed E-state index contributed by atoms with van der Waals surface area (Å²) >= 11 is 0. The molecule has 0 saturated carbocycles. The van der Waals surface area contributed by atoms with Crippen molar-refractivity contribution in [2.24, 2.45) is 0 Å². The van der Waals surface area contributed by atoms with Crippen LogP contribution in [0.5, 0.6) is 0 Å². The van der Waals surface area contributed by atoms with Crippen molar-refractivity contribution in [3.05, 3.63) is 545 Å². The van der Waals surface area contributed by atoms with Gasteiger partial charge in [-0.2, -0.15) is 0 Å². The summed E-state index contributed by atoms with van der Waals surface area (Å²) < 4.78 is 0. The number of benzene rings is 19. The third-order valence-electron chi connectivity index (χ3n) is 34.0. The molecular weight excluding hydrogens is 1680 g/mol. The molecule has 0 aromatic heterocycles. The van der Waals surface area contributed by atoms with Crippen molar-refractivity contribution in [2.45, 2.75) is 168 Å². The fourth-order valence-corrected chi connectivity index (χ4v) is 27.0. The number of hydrogen-bond donors (Lipinski definition) is 0. The van der Waals surface area contributed by atoms with Gasteiger partial charge in [0.1, 0.15) is 0 Å². The molecule has 0 fully saturated rings. The quantitative estimate of drug-likeness (QED) is 0.154. The van der Waals surface area contributed by atoms with Gasteiger partial charge in [-0.15, -0.1) is 0 Å². The predicted octanol–water partition coefficient (Wildman–Crippen LogP) is 36.2. The van der Waals surface area contributed by atoms with E-state index in [0.717, 1.165) is 0 Å². The van der Waals surface area contributed by atoms with E-state index in [0.29, 0.717) is 0 Å². The van der Waals surface area contributed by atoms with Crippen molar-refractivity contribution in [3.63, 3.8) is 0 Å². The molecule has 0 bridgehead atoms. The summed E-state index contributed by atoms with van der Waals surface area (Å²) in [5, 5.41) is 0. The minimum absolute atomic E-state index is 0.0629. The molecule has 2 spiro atoms. The van der Waals surface area contributed by atoms with E-state index in [1.807, 2.05) is 0 Å². The van der Waals surface area contributed by atoms with Crippen molar-refractivity contribution in [1.29, 1.82) is 0 Å². The Morgan fingerprint density at radius 3 is 0.636 bits per heavy atom. The molecule has 0 unspecified atom stereocenters. The molecule has 10 aliphatic carbocycles. The summed E-state index contributed by atoms with van der Waals surface area (Å²) in [6.45, 7) is 41.3.